The summed E-state index contributed by atoms with van der Waals surface area (Å²) >= 11 is 1.59. The van der Waals surface area contributed by atoms with Crippen molar-refractivity contribution in [2.75, 3.05) is 26.2 Å². The van der Waals surface area contributed by atoms with Gasteiger partial charge in [0.15, 0.2) is 0 Å². The Morgan fingerprint density at radius 3 is 2.63 bits per heavy atom. The molecule has 1 aromatic carbocycles. The van der Waals surface area contributed by atoms with E-state index in [0.29, 0.717) is 12.5 Å². The average molecular weight is 427 g/mol. The van der Waals surface area contributed by atoms with Gasteiger partial charge >= 0.3 is 0 Å². The van der Waals surface area contributed by atoms with Crippen LogP contribution in [0.5, 0.6) is 0 Å². The van der Waals surface area contributed by atoms with Gasteiger partial charge in [-0.05, 0) is 48.6 Å². The molecule has 1 aromatic rings. The Bertz CT molecular complexity index is 824. The van der Waals surface area contributed by atoms with Crippen molar-refractivity contribution in [2.45, 2.75) is 49.7 Å². The maximum atomic E-state index is 13.0. The van der Waals surface area contributed by atoms with Crippen molar-refractivity contribution in [3.63, 3.8) is 0 Å². The smallest absolute Gasteiger partial charge is 0.237 e. The van der Waals surface area contributed by atoms with Crippen LogP contribution < -0.4 is 10.6 Å². The number of thioether (sulfide) groups is 1. The standard InChI is InChI=1S/C23H30N4O2S/c28-21-20-19(18(15-30-20)16-8-3-1-4-9-16)24-23(25-21)27-13-7-10-17(14-27)22(29)26-11-5-2-6-12-26/h1,3-4,8-9,15,17,19-20,23-24H,2,5-7,10-14H2,(H,25,28). The number of hydrogen-bond donors (Lipinski definition) is 2. The second-order valence-electron chi connectivity index (χ2n) is 8.77. The first-order chi connectivity index (χ1) is 14.7. The van der Waals surface area contributed by atoms with Crippen LogP contribution in [-0.4, -0.2) is 65.4 Å². The number of likely N-dealkylation sites (tertiary alicyclic amines) is 2. The normalized spacial score (nSPS) is 32.3. The van der Waals surface area contributed by atoms with E-state index in [0.717, 1.165) is 50.9 Å². The first-order valence-electron chi connectivity index (χ1n) is 11.2. The van der Waals surface area contributed by atoms with E-state index in [1.165, 1.54) is 12.0 Å². The highest BCUT2D eigenvalue weighted by atomic mass is 32.2. The molecule has 4 atom stereocenters. The fraction of sp³-hybridized carbons (Fsp3) is 0.565. The van der Waals surface area contributed by atoms with E-state index in [-0.39, 0.29) is 29.4 Å². The number of carbonyl (C=O) groups is 2. The van der Waals surface area contributed by atoms with E-state index >= 15 is 0 Å². The summed E-state index contributed by atoms with van der Waals surface area (Å²) in [5, 5.41) is 8.84. The highest BCUT2D eigenvalue weighted by molar-refractivity contribution is 8.04. The Kier molecular flexibility index (Phi) is 5.85. The molecule has 0 saturated carbocycles. The van der Waals surface area contributed by atoms with Gasteiger partial charge in [0.25, 0.3) is 0 Å². The van der Waals surface area contributed by atoms with Crippen LogP contribution in [0, 0.1) is 5.92 Å². The molecule has 4 heterocycles. The molecule has 5 rings (SSSR count). The molecule has 2 N–H and O–H groups in total. The number of fused-ring (bicyclic) bond motifs is 1. The van der Waals surface area contributed by atoms with Crippen LogP contribution in [0.2, 0.25) is 0 Å². The monoisotopic (exact) mass is 426 g/mol. The predicted octanol–water partition coefficient (Wildman–Crippen LogP) is 2.24. The lowest BCUT2D eigenvalue weighted by Crippen LogP contribution is -2.69. The summed E-state index contributed by atoms with van der Waals surface area (Å²) in [4.78, 5) is 30.2. The van der Waals surface area contributed by atoms with Gasteiger partial charge in [-0.3, -0.25) is 19.8 Å². The lowest BCUT2D eigenvalue weighted by molar-refractivity contribution is -0.139. The lowest BCUT2D eigenvalue weighted by Gasteiger charge is -2.44. The van der Waals surface area contributed by atoms with E-state index in [9.17, 15) is 9.59 Å². The molecule has 7 heteroatoms. The van der Waals surface area contributed by atoms with E-state index in [2.05, 4.69) is 38.0 Å². The second kappa shape index (κ2) is 8.73. The average Bonchev–Trinajstić information content (AvgIpc) is 3.24. The van der Waals surface area contributed by atoms with Crippen LogP contribution in [0.25, 0.3) is 5.57 Å². The highest BCUT2D eigenvalue weighted by Gasteiger charge is 2.44. The van der Waals surface area contributed by atoms with Crippen molar-refractivity contribution in [3.05, 3.63) is 41.3 Å². The van der Waals surface area contributed by atoms with Crippen molar-refractivity contribution in [1.82, 2.24) is 20.4 Å². The predicted molar refractivity (Wildman–Crippen MR) is 119 cm³/mol. The van der Waals surface area contributed by atoms with Gasteiger partial charge in [0.05, 0.1) is 12.0 Å². The van der Waals surface area contributed by atoms with Crippen LogP contribution in [0.1, 0.15) is 37.7 Å². The molecule has 0 aliphatic carbocycles. The molecule has 160 valence electrons. The highest BCUT2D eigenvalue weighted by Crippen LogP contribution is 2.38. The van der Waals surface area contributed by atoms with Gasteiger partial charge in [-0.2, -0.15) is 0 Å². The molecule has 3 fully saturated rings. The number of piperidine rings is 2. The zero-order chi connectivity index (χ0) is 20.5. The van der Waals surface area contributed by atoms with Crippen molar-refractivity contribution >= 4 is 29.1 Å². The molecular weight excluding hydrogens is 396 g/mol. The number of carbonyl (C=O) groups excluding carboxylic acids is 2. The summed E-state index contributed by atoms with van der Waals surface area (Å²) in [6.07, 6.45) is 5.19. The first-order valence-corrected chi connectivity index (χ1v) is 12.2. The van der Waals surface area contributed by atoms with Crippen molar-refractivity contribution in [3.8, 4) is 0 Å². The summed E-state index contributed by atoms with van der Waals surface area (Å²) < 4.78 is 0. The molecule has 0 aromatic heterocycles. The minimum atomic E-state index is -0.221. The maximum absolute atomic E-state index is 13.0. The molecule has 6 nitrogen and oxygen atoms in total. The summed E-state index contributed by atoms with van der Waals surface area (Å²) in [5.41, 5.74) is 2.35. The Balaban J connectivity index is 1.28. The molecule has 3 saturated heterocycles. The van der Waals surface area contributed by atoms with Crippen molar-refractivity contribution in [1.29, 1.82) is 0 Å². The zero-order valence-electron chi connectivity index (χ0n) is 17.3. The van der Waals surface area contributed by atoms with Gasteiger partial charge in [-0.1, -0.05) is 30.3 Å². The summed E-state index contributed by atoms with van der Waals surface area (Å²) in [7, 11) is 0. The third-order valence-electron chi connectivity index (χ3n) is 6.80. The molecule has 30 heavy (non-hydrogen) atoms. The number of benzene rings is 1. The van der Waals surface area contributed by atoms with Gasteiger partial charge in [0, 0.05) is 26.2 Å². The number of amides is 2. The third kappa shape index (κ3) is 3.90. The maximum Gasteiger partial charge on any atom is 0.237 e. The third-order valence-corrected chi connectivity index (χ3v) is 7.97. The van der Waals surface area contributed by atoms with Gasteiger partial charge in [-0.15, -0.1) is 11.8 Å². The molecule has 0 radical (unpaired) electrons. The minimum Gasteiger partial charge on any atom is -0.342 e. The van der Waals surface area contributed by atoms with Gasteiger partial charge in [0.2, 0.25) is 11.8 Å². The van der Waals surface area contributed by atoms with E-state index in [1.54, 1.807) is 11.8 Å². The van der Waals surface area contributed by atoms with E-state index in [4.69, 9.17) is 0 Å². The lowest BCUT2D eigenvalue weighted by atomic mass is 9.94. The van der Waals surface area contributed by atoms with Crippen molar-refractivity contribution < 1.29 is 9.59 Å². The number of nitrogens with one attached hydrogen (secondary N) is 2. The molecule has 2 amide bonds. The fourth-order valence-electron chi connectivity index (χ4n) is 5.17. The summed E-state index contributed by atoms with van der Waals surface area (Å²) in [6.45, 7) is 3.42. The summed E-state index contributed by atoms with van der Waals surface area (Å²) in [5.74, 6) is 0.427. The Morgan fingerprint density at radius 2 is 1.83 bits per heavy atom. The fourth-order valence-corrected chi connectivity index (χ4v) is 6.32. The van der Waals surface area contributed by atoms with Crippen LogP contribution >= 0.6 is 11.8 Å². The van der Waals surface area contributed by atoms with Gasteiger partial charge < -0.3 is 10.2 Å². The Hall–Kier alpha value is -1.83. The van der Waals surface area contributed by atoms with Crippen LogP contribution in [0.4, 0.5) is 0 Å². The Morgan fingerprint density at radius 1 is 1.03 bits per heavy atom. The zero-order valence-corrected chi connectivity index (χ0v) is 18.1. The molecule has 0 spiro atoms. The van der Waals surface area contributed by atoms with E-state index in [1.807, 2.05) is 18.2 Å². The SMILES string of the molecule is O=C1NC(N2CCCC(C(=O)N3CCCCC3)C2)NC2C(c3ccccc3)=CSC12. The van der Waals surface area contributed by atoms with Crippen LogP contribution in [0.3, 0.4) is 0 Å². The van der Waals surface area contributed by atoms with Gasteiger partial charge in [0.1, 0.15) is 11.5 Å². The van der Waals surface area contributed by atoms with Crippen LogP contribution in [0.15, 0.2) is 35.7 Å². The topological polar surface area (TPSA) is 64.7 Å². The number of nitrogens with zero attached hydrogens (tertiary/aromatic N) is 2. The van der Waals surface area contributed by atoms with Gasteiger partial charge in [-0.25, -0.2) is 0 Å². The summed E-state index contributed by atoms with van der Waals surface area (Å²) in [6, 6.07) is 10.3. The second-order valence-corrected chi connectivity index (χ2v) is 9.79. The minimum absolute atomic E-state index is 0.00526. The number of hydrogen-bond acceptors (Lipinski definition) is 5. The van der Waals surface area contributed by atoms with Crippen LogP contribution in [-0.2, 0) is 9.59 Å². The molecular formula is C23H30N4O2S. The number of rotatable bonds is 3. The molecule has 4 unspecified atom stereocenters. The molecule has 4 aliphatic heterocycles. The molecule has 0 bridgehead atoms. The quantitative estimate of drug-likeness (QED) is 0.776. The Labute approximate surface area is 182 Å². The first kappa shape index (κ1) is 20.1. The largest absolute Gasteiger partial charge is 0.342 e. The van der Waals surface area contributed by atoms with Crippen molar-refractivity contribution in [2.24, 2.45) is 5.92 Å². The van der Waals surface area contributed by atoms with E-state index < -0.39 is 0 Å². The molecule has 4 aliphatic rings.